The van der Waals surface area contributed by atoms with Crippen molar-refractivity contribution >= 4 is 27.6 Å². The molecule has 0 saturated carbocycles. The Kier molecular flexibility index (Phi) is 5.81. The zero-order valence-electron chi connectivity index (χ0n) is 10.3. The maximum atomic E-state index is 12.2. The molecule has 0 radical (unpaired) electrons. The predicted molar refractivity (Wildman–Crippen MR) is 68.3 cm³/mol. The zero-order valence-corrected chi connectivity index (χ0v) is 11.9. The van der Waals surface area contributed by atoms with Gasteiger partial charge in [-0.1, -0.05) is 15.9 Å². The molecule has 0 unspecified atom stereocenters. The van der Waals surface area contributed by atoms with Crippen molar-refractivity contribution in [3.63, 3.8) is 0 Å². The van der Waals surface area contributed by atoms with Crippen molar-refractivity contribution < 1.29 is 28.0 Å². The summed E-state index contributed by atoms with van der Waals surface area (Å²) in [6.07, 6.45) is 0. The molecule has 0 aliphatic carbocycles. The Morgan fingerprint density at radius 1 is 1.50 bits per heavy atom. The minimum atomic E-state index is -3.15. The number of carbonyl (C=O) groups is 1. The van der Waals surface area contributed by atoms with E-state index in [1.54, 1.807) is 6.92 Å². The summed E-state index contributed by atoms with van der Waals surface area (Å²) >= 11 is 3.02. The lowest BCUT2D eigenvalue weighted by molar-refractivity contribution is -0.385. The van der Waals surface area contributed by atoms with Crippen LogP contribution in [-0.2, 0) is 10.1 Å². The first-order valence-corrected chi connectivity index (χ1v) is 6.52. The number of nitro benzene ring substituents is 1. The molecule has 0 fully saturated rings. The number of halogens is 3. The molecule has 110 valence electrons. The van der Waals surface area contributed by atoms with Crippen LogP contribution in [0.5, 0.6) is 5.75 Å². The van der Waals surface area contributed by atoms with Crippen molar-refractivity contribution in [1.29, 1.82) is 0 Å². The number of ether oxygens (including phenoxy) is 2. The highest BCUT2D eigenvalue weighted by Crippen LogP contribution is 2.31. The van der Waals surface area contributed by atoms with E-state index in [2.05, 4.69) is 20.7 Å². The monoisotopic (exact) mass is 353 g/mol. The number of rotatable bonds is 6. The third-order valence-electron chi connectivity index (χ3n) is 2.25. The lowest BCUT2D eigenvalue weighted by atomic mass is 10.1. The van der Waals surface area contributed by atoms with Gasteiger partial charge in [0.25, 0.3) is 5.69 Å². The maximum absolute atomic E-state index is 12.2. The van der Waals surface area contributed by atoms with Crippen molar-refractivity contribution in [3.05, 3.63) is 33.4 Å². The molecule has 0 N–H and O–H groups in total. The molecule has 20 heavy (non-hydrogen) atoms. The summed E-state index contributed by atoms with van der Waals surface area (Å²) in [6.45, 7) is -1.55. The molecule has 0 aromatic heterocycles. The topological polar surface area (TPSA) is 78.7 Å². The molecule has 0 bridgehead atoms. The van der Waals surface area contributed by atoms with Crippen LogP contribution in [0, 0.1) is 10.1 Å². The Hall–Kier alpha value is -1.77. The smallest absolute Gasteiger partial charge is 0.387 e. The van der Waals surface area contributed by atoms with Gasteiger partial charge in [0.15, 0.2) is 0 Å². The highest BCUT2D eigenvalue weighted by atomic mass is 79.9. The normalized spacial score (nSPS) is 10.4. The summed E-state index contributed by atoms with van der Waals surface area (Å²) in [5.41, 5.74) is -0.647. The van der Waals surface area contributed by atoms with Crippen LogP contribution in [0.4, 0.5) is 14.5 Å². The van der Waals surface area contributed by atoms with E-state index in [0.717, 1.165) is 12.1 Å². The minimum absolute atomic E-state index is 0.00752. The van der Waals surface area contributed by atoms with Crippen LogP contribution in [-0.4, -0.2) is 24.1 Å². The second-order valence-corrected chi connectivity index (χ2v) is 4.02. The van der Waals surface area contributed by atoms with E-state index in [0.29, 0.717) is 0 Å². The van der Waals surface area contributed by atoms with Crippen molar-refractivity contribution in [3.8, 4) is 5.75 Å². The van der Waals surface area contributed by atoms with Gasteiger partial charge in [0.05, 0.1) is 28.7 Å². The summed E-state index contributed by atoms with van der Waals surface area (Å²) in [7, 11) is 0. The van der Waals surface area contributed by atoms with Crippen molar-refractivity contribution in [2.45, 2.75) is 18.9 Å². The SMILES string of the molecule is CCOC(=O)c1cc(OC(F)F)cc([N+](=O)[O-])c1CBr. The molecular formula is C11H10BrF2NO5. The largest absolute Gasteiger partial charge is 0.462 e. The molecule has 1 rings (SSSR count). The molecule has 0 saturated heterocycles. The van der Waals surface area contributed by atoms with Crippen LogP contribution in [0.3, 0.4) is 0 Å². The molecule has 6 nitrogen and oxygen atoms in total. The number of carbonyl (C=O) groups excluding carboxylic acids is 1. The first-order chi connectivity index (χ1) is 9.40. The molecule has 0 atom stereocenters. The zero-order chi connectivity index (χ0) is 15.3. The van der Waals surface area contributed by atoms with Crippen LogP contribution < -0.4 is 4.74 Å². The van der Waals surface area contributed by atoms with Gasteiger partial charge < -0.3 is 9.47 Å². The van der Waals surface area contributed by atoms with Gasteiger partial charge in [-0.25, -0.2) is 4.79 Å². The van der Waals surface area contributed by atoms with Gasteiger partial charge in [-0.05, 0) is 13.0 Å². The Morgan fingerprint density at radius 3 is 2.60 bits per heavy atom. The Labute approximate surface area is 120 Å². The highest BCUT2D eigenvalue weighted by molar-refractivity contribution is 9.08. The van der Waals surface area contributed by atoms with Crippen LogP contribution >= 0.6 is 15.9 Å². The van der Waals surface area contributed by atoms with Gasteiger partial charge in [-0.2, -0.15) is 8.78 Å². The first kappa shape index (κ1) is 16.3. The number of hydrogen-bond acceptors (Lipinski definition) is 5. The Bertz CT molecular complexity index is 524. The van der Waals surface area contributed by atoms with Crippen LogP contribution in [0.1, 0.15) is 22.8 Å². The molecule has 0 spiro atoms. The lowest BCUT2D eigenvalue weighted by Crippen LogP contribution is -2.11. The van der Waals surface area contributed by atoms with Crippen LogP contribution in [0.25, 0.3) is 0 Å². The second-order valence-electron chi connectivity index (χ2n) is 3.46. The molecule has 0 amide bonds. The van der Waals surface area contributed by atoms with E-state index in [1.165, 1.54) is 0 Å². The third kappa shape index (κ3) is 3.86. The predicted octanol–water partition coefficient (Wildman–Crippen LogP) is 3.27. The average Bonchev–Trinajstić information content (AvgIpc) is 2.37. The number of nitrogens with zero attached hydrogens (tertiary/aromatic N) is 1. The van der Waals surface area contributed by atoms with E-state index in [9.17, 15) is 23.7 Å². The van der Waals surface area contributed by atoms with Gasteiger partial charge in [-0.3, -0.25) is 10.1 Å². The molecule has 0 aliphatic rings. The van der Waals surface area contributed by atoms with Crippen molar-refractivity contribution in [2.75, 3.05) is 6.61 Å². The van der Waals surface area contributed by atoms with E-state index in [1.807, 2.05) is 0 Å². The van der Waals surface area contributed by atoms with Crippen LogP contribution in [0.15, 0.2) is 12.1 Å². The molecule has 0 aliphatic heterocycles. The summed E-state index contributed by atoms with van der Waals surface area (Å²) in [6, 6.07) is 1.83. The summed E-state index contributed by atoms with van der Waals surface area (Å²) in [5.74, 6) is -1.32. The lowest BCUT2D eigenvalue weighted by Gasteiger charge is -2.11. The molecule has 1 aromatic rings. The fourth-order valence-electron chi connectivity index (χ4n) is 1.50. The molecule has 0 heterocycles. The molecule has 1 aromatic carbocycles. The van der Waals surface area contributed by atoms with Crippen molar-refractivity contribution in [2.24, 2.45) is 0 Å². The standard InChI is InChI=1S/C11H10BrF2NO5/c1-2-19-10(16)7-3-6(20-11(13)14)4-9(15(17)18)8(7)5-12/h3-4,11H,2,5H2,1H3. The van der Waals surface area contributed by atoms with E-state index in [4.69, 9.17) is 4.74 Å². The first-order valence-electron chi connectivity index (χ1n) is 5.39. The van der Waals surface area contributed by atoms with E-state index in [-0.39, 0.29) is 23.1 Å². The second kappa shape index (κ2) is 7.13. The Balaban J connectivity index is 3.40. The number of esters is 1. The average molecular weight is 354 g/mol. The van der Waals surface area contributed by atoms with Gasteiger partial charge >= 0.3 is 12.6 Å². The van der Waals surface area contributed by atoms with Gasteiger partial charge in [0.2, 0.25) is 0 Å². The fourth-order valence-corrected chi connectivity index (χ4v) is 2.09. The third-order valence-corrected chi connectivity index (χ3v) is 2.81. The quantitative estimate of drug-likeness (QED) is 0.339. The Morgan fingerprint density at radius 2 is 2.15 bits per heavy atom. The number of benzene rings is 1. The van der Waals surface area contributed by atoms with Gasteiger partial charge in [0.1, 0.15) is 5.75 Å². The van der Waals surface area contributed by atoms with Gasteiger partial charge in [0, 0.05) is 5.33 Å². The van der Waals surface area contributed by atoms with E-state index >= 15 is 0 Å². The minimum Gasteiger partial charge on any atom is -0.462 e. The number of hydrogen-bond donors (Lipinski definition) is 0. The summed E-state index contributed by atoms with van der Waals surface area (Å²) < 4.78 is 33.3. The van der Waals surface area contributed by atoms with Crippen molar-refractivity contribution in [1.82, 2.24) is 0 Å². The highest BCUT2D eigenvalue weighted by Gasteiger charge is 2.25. The molecular weight excluding hydrogens is 344 g/mol. The number of alkyl halides is 3. The van der Waals surface area contributed by atoms with E-state index < -0.39 is 28.9 Å². The fraction of sp³-hybridized carbons (Fsp3) is 0.364. The summed E-state index contributed by atoms with van der Waals surface area (Å²) in [4.78, 5) is 21.9. The maximum Gasteiger partial charge on any atom is 0.387 e. The summed E-state index contributed by atoms with van der Waals surface area (Å²) in [5, 5.41) is 10.9. The molecule has 9 heteroatoms. The number of nitro groups is 1. The van der Waals surface area contributed by atoms with Gasteiger partial charge in [-0.15, -0.1) is 0 Å². The van der Waals surface area contributed by atoms with Crippen LogP contribution in [0.2, 0.25) is 0 Å².